The molecule has 0 aliphatic carbocycles. The lowest BCUT2D eigenvalue weighted by atomic mass is 10.4. The maximum absolute atomic E-state index is 12.1. The fourth-order valence-corrected chi connectivity index (χ4v) is 0.454. The molecule has 76 valence electrons. The highest BCUT2D eigenvalue weighted by molar-refractivity contribution is 5.80. The van der Waals surface area contributed by atoms with Crippen molar-refractivity contribution in [2.45, 2.75) is 19.8 Å². The average Bonchev–Trinajstić information content (AvgIpc) is 1.99. The highest BCUT2D eigenvalue weighted by Gasteiger charge is 2.34. The lowest BCUT2D eigenvalue weighted by Gasteiger charge is -2.08. The molecule has 0 bridgehead atoms. The Balaban J connectivity index is 3.77. The van der Waals surface area contributed by atoms with Crippen molar-refractivity contribution >= 4 is 11.9 Å². The molecule has 0 aromatic carbocycles. The summed E-state index contributed by atoms with van der Waals surface area (Å²) < 4.78 is 32.6. The Hall–Kier alpha value is -1.20. The summed E-state index contributed by atoms with van der Waals surface area (Å²) in [5.41, 5.74) is 0. The molecule has 0 saturated carbocycles. The van der Waals surface area contributed by atoms with Crippen LogP contribution in [0.1, 0.15) is 13.8 Å². The normalized spacial score (nSPS) is 10.8. The molecular weight excluding hydrogens is 186 g/mol. The third kappa shape index (κ3) is 5.10. The van der Waals surface area contributed by atoms with Crippen LogP contribution in [0.25, 0.3) is 0 Å². The van der Waals surface area contributed by atoms with E-state index in [9.17, 15) is 18.4 Å². The van der Waals surface area contributed by atoms with Crippen LogP contribution in [-0.4, -0.2) is 31.1 Å². The molecule has 0 fully saturated rings. The molecule has 0 atom stereocenters. The van der Waals surface area contributed by atoms with Crippen molar-refractivity contribution in [1.29, 1.82) is 0 Å². The largest absolute Gasteiger partial charge is 0.463 e. The van der Waals surface area contributed by atoms with Crippen LogP contribution in [0.15, 0.2) is 0 Å². The Bertz CT molecular complexity index is 197. The Morgan fingerprint density at radius 1 is 1.31 bits per heavy atom. The van der Waals surface area contributed by atoms with Gasteiger partial charge in [-0.2, -0.15) is 8.78 Å². The van der Waals surface area contributed by atoms with Crippen LogP contribution in [0, 0.1) is 0 Å². The minimum atomic E-state index is -3.58. The maximum Gasteiger partial charge on any atom is 0.377 e. The van der Waals surface area contributed by atoms with Crippen LogP contribution >= 0.6 is 0 Å². The Labute approximate surface area is 73.8 Å². The van der Waals surface area contributed by atoms with Gasteiger partial charge >= 0.3 is 17.9 Å². The summed E-state index contributed by atoms with van der Waals surface area (Å²) in [6.45, 7) is 1.27. The third-order valence-corrected chi connectivity index (χ3v) is 0.985. The number of hydrogen-bond acceptors (Lipinski definition) is 4. The first kappa shape index (κ1) is 11.8. The number of ether oxygens (including phenoxy) is 2. The Kier molecular flexibility index (Phi) is 4.30. The van der Waals surface area contributed by atoms with Gasteiger partial charge in [-0.25, -0.2) is 9.59 Å². The maximum atomic E-state index is 12.1. The second kappa shape index (κ2) is 4.74. The second-order valence-electron chi connectivity index (χ2n) is 2.27. The molecule has 0 aliphatic heterocycles. The van der Waals surface area contributed by atoms with E-state index in [0.29, 0.717) is 6.92 Å². The van der Waals surface area contributed by atoms with Gasteiger partial charge < -0.3 is 9.47 Å². The Morgan fingerprint density at radius 2 is 1.85 bits per heavy atom. The summed E-state index contributed by atoms with van der Waals surface area (Å²) in [6.07, 6.45) is 0. The van der Waals surface area contributed by atoms with Crippen molar-refractivity contribution in [3.05, 3.63) is 0 Å². The molecule has 4 nitrogen and oxygen atoms in total. The van der Waals surface area contributed by atoms with Crippen LogP contribution < -0.4 is 0 Å². The van der Waals surface area contributed by atoms with Crippen molar-refractivity contribution in [3.63, 3.8) is 0 Å². The zero-order chi connectivity index (χ0) is 10.5. The van der Waals surface area contributed by atoms with E-state index in [1.54, 1.807) is 6.92 Å². The van der Waals surface area contributed by atoms with E-state index in [2.05, 4.69) is 9.47 Å². The van der Waals surface area contributed by atoms with E-state index in [0.717, 1.165) is 0 Å². The lowest BCUT2D eigenvalue weighted by molar-refractivity contribution is -0.175. The summed E-state index contributed by atoms with van der Waals surface area (Å²) in [5.74, 6) is -6.16. The molecule has 6 heteroatoms. The molecule has 0 spiro atoms. The van der Waals surface area contributed by atoms with Gasteiger partial charge in [-0.3, -0.25) is 0 Å². The fraction of sp³-hybridized carbons (Fsp3) is 0.714. The second-order valence-corrected chi connectivity index (χ2v) is 2.27. The molecular formula is C7H10F2O4. The van der Waals surface area contributed by atoms with Crippen molar-refractivity contribution in [3.8, 4) is 0 Å². The molecule has 0 heterocycles. The third-order valence-electron chi connectivity index (χ3n) is 0.985. The zero-order valence-corrected chi connectivity index (χ0v) is 7.30. The number of esters is 2. The van der Waals surface area contributed by atoms with Gasteiger partial charge in [-0.15, -0.1) is 0 Å². The quantitative estimate of drug-likeness (QED) is 0.622. The van der Waals surface area contributed by atoms with E-state index in [1.807, 2.05) is 0 Å². The molecule has 0 amide bonds. The van der Waals surface area contributed by atoms with Crippen LogP contribution in [0.4, 0.5) is 8.78 Å². The number of carbonyl (C=O) groups is 2. The smallest absolute Gasteiger partial charge is 0.377 e. The predicted molar refractivity (Wildman–Crippen MR) is 38.2 cm³/mol. The molecule has 0 N–H and O–H groups in total. The van der Waals surface area contributed by atoms with Crippen molar-refractivity contribution in [2.24, 2.45) is 0 Å². The van der Waals surface area contributed by atoms with Crippen LogP contribution in [0.5, 0.6) is 0 Å². The number of halogens is 2. The van der Waals surface area contributed by atoms with Crippen molar-refractivity contribution in [1.82, 2.24) is 0 Å². The van der Waals surface area contributed by atoms with Gasteiger partial charge in [0.1, 0.15) is 0 Å². The van der Waals surface area contributed by atoms with Gasteiger partial charge in [0.05, 0.1) is 6.61 Å². The van der Waals surface area contributed by atoms with Crippen molar-refractivity contribution < 1.29 is 27.8 Å². The van der Waals surface area contributed by atoms with Crippen LogP contribution in [-0.2, 0) is 19.1 Å². The monoisotopic (exact) mass is 196 g/mol. The summed E-state index contributed by atoms with van der Waals surface area (Å²) in [5, 5.41) is 0. The van der Waals surface area contributed by atoms with E-state index in [1.165, 1.54) is 0 Å². The van der Waals surface area contributed by atoms with Gasteiger partial charge in [0, 0.05) is 6.92 Å². The fourth-order valence-electron chi connectivity index (χ4n) is 0.454. The van der Waals surface area contributed by atoms with Crippen LogP contribution in [0.3, 0.4) is 0 Å². The topological polar surface area (TPSA) is 52.6 Å². The highest BCUT2D eigenvalue weighted by atomic mass is 19.3. The first-order chi connectivity index (χ1) is 5.88. The minimum Gasteiger partial charge on any atom is -0.463 e. The van der Waals surface area contributed by atoms with Gasteiger partial charge in [-0.1, -0.05) is 0 Å². The molecule has 0 aliphatic rings. The number of rotatable bonds is 4. The molecule has 0 unspecified atom stereocenters. The summed E-state index contributed by atoms with van der Waals surface area (Å²) in [6, 6.07) is 0. The highest BCUT2D eigenvalue weighted by Crippen LogP contribution is 2.13. The van der Waals surface area contributed by atoms with Gasteiger partial charge in [0.15, 0.2) is 6.61 Å². The number of alkyl halides is 2. The molecule has 0 aromatic rings. The average molecular weight is 196 g/mol. The zero-order valence-electron chi connectivity index (χ0n) is 7.30. The molecule has 0 radical (unpaired) electrons. The van der Waals surface area contributed by atoms with E-state index < -0.39 is 24.5 Å². The molecule has 13 heavy (non-hydrogen) atoms. The Morgan fingerprint density at radius 3 is 2.23 bits per heavy atom. The summed E-state index contributed by atoms with van der Waals surface area (Å²) in [7, 11) is 0. The first-order valence-corrected chi connectivity index (χ1v) is 3.58. The SMILES string of the molecule is CCOC(=O)COC(=O)C(C)(F)F. The predicted octanol–water partition coefficient (Wildman–Crippen LogP) is 0.748. The number of hydrogen-bond donors (Lipinski definition) is 0. The van der Waals surface area contributed by atoms with Gasteiger partial charge in [-0.05, 0) is 6.92 Å². The van der Waals surface area contributed by atoms with E-state index in [4.69, 9.17) is 0 Å². The molecule has 0 saturated heterocycles. The van der Waals surface area contributed by atoms with Crippen LogP contribution in [0.2, 0.25) is 0 Å². The minimum absolute atomic E-state index is 0.110. The summed E-state index contributed by atoms with van der Waals surface area (Å²) in [4.78, 5) is 20.9. The molecule has 0 rings (SSSR count). The van der Waals surface area contributed by atoms with E-state index in [-0.39, 0.29) is 6.61 Å². The standard InChI is InChI=1S/C7H10F2O4/c1-3-12-5(10)4-13-6(11)7(2,8)9/h3-4H2,1-2H3. The van der Waals surface area contributed by atoms with E-state index >= 15 is 0 Å². The van der Waals surface area contributed by atoms with Crippen molar-refractivity contribution in [2.75, 3.05) is 13.2 Å². The lowest BCUT2D eigenvalue weighted by Crippen LogP contribution is -2.29. The summed E-state index contributed by atoms with van der Waals surface area (Å²) >= 11 is 0. The first-order valence-electron chi connectivity index (χ1n) is 3.58. The molecule has 0 aromatic heterocycles. The van der Waals surface area contributed by atoms with Gasteiger partial charge in [0.25, 0.3) is 0 Å². The van der Waals surface area contributed by atoms with Gasteiger partial charge in [0.2, 0.25) is 0 Å². The number of carbonyl (C=O) groups excluding carboxylic acids is 2.